The second-order valence-electron chi connectivity index (χ2n) is 6.51. The van der Waals surface area contributed by atoms with E-state index < -0.39 is 23.3 Å². The number of hydrogen-bond acceptors (Lipinski definition) is 4. The molecular weight excluding hydrogens is 439 g/mol. The van der Waals surface area contributed by atoms with Crippen LogP contribution in [-0.2, 0) is 16.9 Å². The van der Waals surface area contributed by atoms with Gasteiger partial charge in [-0.3, -0.25) is 0 Å². The van der Waals surface area contributed by atoms with Gasteiger partial charge in [-0.25, -0.2) is 18.4 Å². The van der Waals surface area contributed by atoms with E-state index in [9.17, 15) is 8.78 Å². The summed E-state index contributed by atoms with van der Waals surface area (Å²) >= 11 is 13.4. The number of thioether (sulfide) groups is 1. The molecule has 2 atom stereocenters. The van der Waals surface area contributed by atoms with E-state index in [1.165, 1.54) is 36.3 Å². The van der Waals surface area contributed by atoms with E-state index in [4.69, 9.17) is 27.9 Å². The molecular formula is C20H15Cl2F2N3OS. The summed E-state index contributed by atoms with van der Waals surface area (Å²) in [6.07, 6.45) is 2.53. The highest BCUT2D eigenvalue weighted by Crippen LogP contribution is 2.59. The van der Waals surface area contributed by atoms with E-state index in [1.807, 2.05) is 0 Å². The van der Waals surface area contributed by atoms with Gasteiger partial charge in [0.15, 0.2) is 5.16 Å². The van der Waals surface area contributed by atoms with Crippen molar-refractivity contribution in [3.63, 3.8) is 0 Å². The van der Waals surface area contributed by atoms with Crippen molar-refractivity contribution in [2.45, 2.75) is 23.4 Å². The molecule has 2 unspecified atom stereocenters. The Kier molecular flexibility index (Phi) is 5.66. The minimum Gasteiger partial charge on any atom is -0.354 e. The fourth-order valence-electron chi connectivity index (χ4n) is 3.26. The van der Waals surface area contributed by atoms with Crippen LogP contribution in [0.2, 0.25) is 10.0 Å². The number of epoxide rings is 1. The van der Waals surface area contributed by atoms with Gasteiger partial charge in [0, 0.05) is 21.4 Å². The summed E-state index contributed by atoms with van der Waals surface area (Å²) < 4.78 is 36.3. The van der Waals surface area contributed by atoms with Crippen molar-refractivity contribution in [1.29, 1.82) is 0 Å². The largest absolute Gasteiger partial charge is 0.354 e. The molecule has 0 amide bonds. The molecule has 150 valence electrons. The quantitative estimate of drug-likeness (QED) is 0.257. The summed E-state index contributed by atoms with van der Waals surface area (Å²) in [5, 5.41) is 5.42. The van der Waals surface area contributed by atoms with Crippen LogP contribution in [0.3, 0.4) is 0 Å². The molecule has 0 N–H and O–H groups in total. The molecule has 1 aromatic heterocycles. The molecule has 9 heteroatoms. The number of nitrogens with zero attached hydrogens (tertiary/aromatic N) is 3. The molecule has 0 saturated carbocycles. The predicted octanol–water partition coefficient (Wildman–Crippen LogP) is 5.81. The van der Waals surface area contributed by atoms with Gasteiger partial charge in [-0.1, -0.05) is 47.1 Å². The summed E-state index contributed by atoms with van der Waals surface area (Å²) in [5.41, 5.74) is -0.218. The van der Waals surface area contributed by atoms with Gasteiger partial charge in [0.2, 0.25) is 0 Å². The van der Waals surface area contributed by atoms with Crippen molar-refractivity contribution in [2.24, 2.45) is 0 Å². The molecule has 4 nitrogen and oxygen atoms in total. The Labute approximate surface area is 180 Å². The van der Waals surface area contributed by atoms with Crippen molar-refractivity contribution in [3.8, 4) is 0 Å². The highest BCUT2D eigenvalue weighted by atomic mass is 35.5. The van der Waals surface area contributed by atoms with Crippen LogP contribution < -0.4 is 0 Å². The Morgan fingerprint density at radius 1 is 1.21 bits per heavy atom. The van der Waals surface area contributed by atoms with E-state index in [0.717, 1.165) is 0 Å². The van der Waals surface area contributed by atoms with Gasteiger partial charge < -0.3 is 4.74 Å². The lowest BCUT2D eigenvalue weighted by atomic mass is 9.91. The smallest absolute Gasteiger partial charge is 0.186 e. The number of halogens is 4. The molecule has 1 saturated heterocycles. The fraction of sp³-hybridized carbons (Fsp3) is 0.200. The second-order valence-corrected chi connectivity index (χ2v) is 8.37. The van der Waals surface area contributed by atoms with Crippen LogP contribution in [-0.4, -0.2) is 20.5 Å². The maximum Gasteiger partial charge on any atom is 0.186 e. The number of aromatic nitrogens is 3. The third-order valence-corrected chi connectivity index (χ3v) is 6.02. The van der Waals surface area contributed by atoms with E-state index in [1.54, 1.807) is 29.0 Å². The molecule has 3 aromatic rings. The van der Waals surface area contributed by atoms with Gasteiger partial charge in [-0.15, -0.1) is 6.58 Å². The Hall–Kier alpha value is -1.93. The van der Waals surface area contributed by atoms with Crippen LogP contribution >= 0.6 is 35.0 Å². The summed E-state index contributed by atoms with van der Waals surface area (Å²) in [6.45, 7) is 3.91. The minimum atomic E-state index is -1.04. The van der Waals surface area contributed by atoms with Crippen LogP contribution in [0.15, 0.2) is 60.5 Å². The standard InChI is InChI=1S/C20H15Cl2F2N3OS/c1-2-5-29-19-25-11-26-27(19)10-20(12-6-14(22)8-15(23)7-12)18(28-20)16-4-3-13(21)9-17(16)24/h2-4,6-9,11,18H,1,5,10H2. The fourth-order valence-corrected chi connectivity index (χ4v) is 4.29. The first-order valence-electron chi connectivity index (χ1n) is 8.64. The van der Waals surface area contributed by atoms with Gasteiger partial charge in [0.25, 0.3) is 0 Å². The number of benzene rings is 2. The summed E-state index contributed by atoms with van der Waals surface area (Å²) in [4.78, 5) is 4.24. The number of ether oxygens (including phenoxy) is 1. The molecule has 0 spiro atoms. The molecule has 4 rings (SSSR count). The van der Waals surface area contributed by atoms with Gasteiger partial charge in [-0.05, 0) is 35.9 Å². The van der Waals surface area contributed by atoms with Crippen LogP contribution in [0.25, 0.3) is 0 Å². The minimum absolute atomic E-state index is 0.207. The Morgan fingerprint density at radius 3 is 2.76 bits per heavy atom. The zero-order valence-electron chi connectivity index (χ0n) is 15.0. The molecule has 1 fully saturated rings. The highest BCUT2D eigenvalue weighted by Gasteiger charge is 2.60. The molecule has 0 bridgehead atoms. The summed E-state index contributed by atoms with van der Waals surface area (Å²) in [6, 6.07) is 8.55. The SMILES string of the molecule is C=CCSc1ncnn1CC1(c2cc(F)cc(Cl)c2)OC1c1ccc(Cl)cc1F. The van der Waals surface area contributed by atoms with Crippen molar-refractivity contribution in [1.82, 2.24) is 14.8 Å². The lowest BCUT2D eigenvalue weighted by molar-refractivity contribution is 0.255. The van der Waals surface area contributed by atoms with Crippen LogP contribution in [0.4, 0.5) is 8.78 Å². The zero-order chi connectivity index (χ0) is 20.6. The maximum absolute atomic E-state index is 14.6. The molecule has 2 heterocycles. The predicted molar refractivity (Wildman–Crippen MR) is 109 cm³/mol. The van der Waals surface area contributed by atoms with Crippen LogP contribution in [0.1, 0.15) is 17.2 Å². The molecule has 1 aliphatic rings. The Balaban J connectivity index is 1.75. The van der Waals surface area contributed by atoms with E-state index in [-0.39, 0.29) is 16.6 Å². The normalized spacial score (nSPS) is 20.6. The van der Waals surface area contributed by atoms with Crippen molar-refractivity contribution in [2.75, 3.05) is 5.75 Å². The third kappa shape index (κ3) is 4.05. The van der Waals surface area contributed by atoms with Gasteiger partial charge in [0.1, 0.15) is 29.7 Å². The molecule has 2 aromatic carbocycles. The highest BCUT2D eigenvalue weighted by molar-refractivity contribution is 7.99. The summed E-state index contributed by atoms with van der Waals surface area (Å²) in [5.74, 6) is -0.350. The van der Waals surface area contributed by atoms with E-state index in [2.05, 4.69) is 16.7 Å². The second kappa shape index (κ2) is 8.07. The van der Waals surface area contributed by atoms with Crippen molar-refractivity contribution >= 4 is 35.0 Å². The van der Waals surface area contributed by atoms with E-state index in [0.29, 0.717) is 22.0 Å². The Bertz CT molecular complexity index is 1060. The molecule has 0 radical (unpaired) electrons. The number of hydrogen-bond donors (Lipinski definition) is 0. The topological polar surface area (TPSA) is 43.2 Å². The molecule has 0 aliphatic carbocycles. The maximum atomic E-state index is 14.6. The van der Waals surface area contributed by atoms with Gasteiger partial charge in [0.05, 0.1) is 6.54 Å². The first kappa shape index (κ1) is 20.3. The van der Waals surface area contributed by atoms with Gasteiger partial charge in [-0.2, -0.15) is 5.10 Å². The Morgan fingerprint density at radius 2 is 2.03 bits per heavy atom. The zero-order valence-corrected chi connectivity index (χ0v) is 17.3. The van der Waals surface area contributed by atoms with Crippen molar-refractivity contribution in [3.05, 3.63) is 88.2 Å². The molecule has 1 aliphatic heterocycles. The average Bonchev–Trinajstić information content (AvgIpc) is 3.21. The van der Waals surface area contributed by atoms with Crippen LogP contribution in [0, 0.1) is 11.6 Å². The lowest BCUT2D eigenvalue weighted by Gasteiger charge is -2.16. The summed E-state index contributed by atoms with van der Waals surface area (Å²) in [7, 11) is 0. The monoisotopic (exact) mass is 453 g/mol. The average molecular weight is 454 g/mol. The molecule has 29 heavy (non-hydrogen) atoms. The first-order valence-corrected chi connectivity index (χ1v) is 10.4. The van der Waals surface area contributed by atoms with Crippen LogP contribution in [0.5, 0.6) is 0 Å². The van der Waals surface area contributed by atoms with Gasteiger partial charge >= 0.3 is 0 Å². The third-order valence-electron chi connectivity index (χ3n) is 4.59. The first-order chi connectivity index (χ1) is 13.9. The van der Waals surface area contributed by atoms with Crippen molar-refractivity contribution < 1.29 is 13.5 Å². The number of rotatable bonds is 7. The lowest BCUT2D eigenvalue weighted by Crippen LogP contribution is -2.21. The van der Waals surface area contributed by atoms with E-state index >= 15 is 0 Å².